The molecule has 1 unspecified atom stereocenters. The largest absolute Gasteiger partial charge is 0.381 e. The minimum Gasteiger partial charge on any atom is -0.381 e. The maximum atomic E-state index is 12.4. The van der Waals surface area contributed by atoms with Crippen LogP contribution in [0.2, 0.25) is 0 Å². The van der Waals surface area contributed by atoms with Gasteiger partial charge in [-0.05, 0) is 49.3 Å². The molecule has 0 radical (unpaired) electrons. The summed E-state index contributed by atoms with van der Waals surface area (Å²) < 4.78 is 5.35. The van der Waals surface area contributed by atoms with Gasteiger partial charge < -0.3 is 15.8 Å². The maximum Gasteiger partial charge on any atom is 0.241 e. The molecule has 5 heteroatoms. The van der Waals surface area contributed by atoms with E-state index in [9.17, 15) is 4.79 Å². The summed E-state index contributed by atoms with van der Waals surface area (Å²) in [6, 6.07) is 7.74. The molecule has 1 heterocycles. The van der Waals surface area contributed by atoms with Crippen LogP contribution in [0, 0.1) is 5.92 Å². The van der Waals surface area contributed by atoms with Gasteiger partial charge in [0.2, 0.25) is 5.91 Å². The number of benzene rings is 1. The smallest absolute Gasteiger partial charge is 0.241 e. The fourth-order valence-corrected chi connectivity index (χ4v) is 4.97. The van der Waals surface area contributed by atoms with Crippen LogP contribution in [0.15, 0.2) is 24.3 Å². The zero-order valence-electron chi connectivity index (χ0n) is 14.9. The molecule has 1 aromatic carbocycles. The van der Waals surface area contributed by atoms with Crippen molar-refractivity contribution in [2.24, 2.45) is 11.7 Å². The molecule has 1 amide bonds. The van der Waals surface area contributed by atoms with E-state index in [0.717, 1.165) is 29.5 Å². The van der Waals surface area contributed by atoms with E-state index in [-0.39, 0.29) is 11.8 Å². The number of nitrogens with one attached hydrogen (secondary N) is 1. The van der Waals surface area contributed by atoms with Crippen LogP contribution in [0.5, 0.6) is 0 Å². The Kier molecular flexibility index (Phi) is 7.20. The molecule has 3 rings (SSSR count). The molecule has 2 aliphatic rings. The second-order valence-electron chi connectivity index (χ2n) is 7.24. The van der Waals surface area contributed by atoms with Crippen LogP contribution in [0.25, 0.3) is 0 Å². The van der Waals surface area contributed by atoms with Crippen molar-refractivity contribution in [3.05, 3.63) is 29.8 Å². The Balaban J connectivity index is 1.50. The highest BCUT2D eigenvalue weighted by molar-refractivity contribution is 7.99. The number of rotatable bonds is 6. The molecular weight excluding hydrogens is 332 g/mol. The Labute approximate surface area is 155 Å². The summed E-state index contributed by atoms with van der Waals surface area (Å²) in [4.78, 5) is 12.4. The maximum absolute atomic E-state index is 12.4. The predicted octanol–water partition coefficient (Wildman–Crippen LogP) is 3.94. The zero-order chi connectivity index (χ0) is 17.5. The quantitative estimate of drug-likeness (QED) is 0.804. The van der Waals surface area contributed by atoms with Gasteiger partial charge >= 0.3 is 0 Å². The molecule has 1 aliphatic carbocycles. The van der Waals surface area contributed by atoms with Crippen molar-refractivity contribution < 1.29 is 9.53 Å². The second kappa shape index (κ2) is 9.60. The first-order valence-corrected chi connectivity index (χ1v) is 10.6. The summed E-state index contributed by atoms with van der Waals surface area (Å²) in [5.41, 5.74) is 8.29. The Morgan fingerprint density at radius 3 is 2.72 bits per heavy atom. The van der Waals surface area contributed by atoms with Crippen molar-refractivity contribution in [3.8, 4) is 0 Å². The first-order valence-electron chi connectivity index (χ1n) is 9.57. The van der Waals surface area contributed by atoms with Crippen molar-refractivity contribution in [2.75, 3.05) is 18.5 Å². The molecule has 3 N–H and O–H groups in total. The molecular formula is C20H30N2O2S. The van der Waals surface area contributed by atoms with Crippen molar-refractivity contribution in [3.63, 3.8) is 0 Å². The molecule has 2 fully saturated rings. The van der Waals surface area contributed by atoms with E-state index in [1.165, 1.54) is 37.7 Å². The van der Waals surface area contributed by atoms with Gasteiger partial charge in [0, 0.05) is 29.9 Å². The highest BCUT2D eigenvalue weighted by Gasteiger charge is 2.26. The Morgan fingerprint density at radius 2 is 1.96 bits per heavy atom. The van der Waals surface area contributed by atoms with Crippen LogP contribution in [0.4, 0.5) is 5.69 Å². The van der Waals surface area contributed by atoms with E-state index in [0.29, 0.717) is 13.2 Å². The topological polar surface area (TPSA) is 64.4 Å². The van der Waals surface area contributed by atoms with Crippen LogP contribution in [0.3, 0.4) is 0 Å². The minimum atomic E-state index is -0.454. The van der Waals surface area contributed by atoms with Gasteiger partial charge in [0.1, 0.15) is 0 Å². The number of nitrogens with two attached hydrogens (primary N) is 1. The number of carbonyl (C=O) groups excluding carboxylic acids is 1. The van der Waals surface area contributed by atoms with E-state index in [2.05, 4.69) is 29.2 Å². The number of hydrogen-bond donors (Lipinski definition) is 2. The fraction of sp³-hybridized carbons (Fsp3) is 0.650. The SMILES string of the molecule is NC(C(=O)Nc1cccc(CSC2CCCCC2)c1)C1CCOCC1. The monoisotopic (exact) mass is 362 g/mol. The highest BCUT2D eigenvalue weighted by atomic mass is 32.2. The zero-order valence-corrected chi connectivity index (χ0v) is 15.7. The summed E-state index contributed by atoms with van der Waals surface area (Å²) in [7, 11) is 0. The van der Waals surface area contributed by atoms with Gasteiger partial charge in [0.05, 0.1) is 6.04 Å². The summed E-state index contributed by atoms with van der Waals surface area (Å²) in [5.74, 6) is 1.16. The third-order valence-electron chi connectivity index (χ3n) is 5.31. The van der Waals surface area contributed by atoms with Gasteiger partial charge in [0.15, 0.2) is 0 Å². The minimum absolute atomic E-state index is 0.0796. The number of carbonyl (C=O) groups is 1. The predicted molar refractivity (Wildman–Crippen MR) is 105 cm³/mol. The Hall–Kier alpha value is -1.04. The summed E-state index contributed by atoms with van der Waals surface area (Å²) in [6.07, 6.45) is 8.57. The van der Waals surface area contributed by atoms with Gasteiger partial charge in [-0.15, -0.1) is 0 Å². The lowest BCUT2D eigenvalue weighted by atomic mass is 9.92. The number of amides is 1. The first-order chi connectivity index (χ1) is 12.2. The van der Waals surface area contributed by atoms with Crippen molar-refractivity contribution in [2.45, 2.75) is 62.0 Å². The number of hydrogen-bond acceptors (Lipinski definition) is 4. The molecule has 1 saturated heterocycles. The van der Waals surface area contributed by atoms with E-state index >= 15 is 0 Å². The highest BCUT2D eigenvalue weighted by Crippen LogP contribution is 2.31. The normalized spacial score (nSPS) is 21.0. The van der Waals surface area contributed by atoms with Crippen LogP contribution < -0.4 is 11.1 Å². The standard InChI is InChI=1S/C20H30N2O2S/c21-19(16-9-11-24-12-10-16)20(23)22-17-6-4-5-15(13-17)14-25-18-7-2-1-3-8-18/h4-6,13,16,18-19H,1-3,7-12,14,21H2,(H,22,23). The first kappa shape index (κ1) is 18.7. The Morgan fingerprint density at radius 1 is 1.20 bits per heavy atom. The van der Waals surface area contributed by atoms with Gasteiger partial charge in [-0.2, -0.15) is 11.8 Å². The van der Waals surface area contributed by atoms with Gasteiger partial charge in [-0.1, -0.05) is 31.4 Å². The molecule has 138 valence electrons. The van der Waals surface area contributed by atoms with Crippen LogP contribution in [-0.2, 0) is 15.3 Å². The fourth-order valence-electron chi connectivity index (χ4n) is 3.70. The lowest BCUT2D eigenvalue weighted by Gasteiger charge is -2.26. The summed E-state index contributed by atoms with van der Waals surface area (Å²) in [5, 5.41) is 3.80. The molecule has 1 atom stereocenters. The molecule has 4 nitrogen and oxygen atoms in total. The van der Waals surface area contributed by atoms with Gasteiger partial charge in [-0.3, -0.25) is 4.79 Å². The van der Waals surface area contributed by atoms with Crippen molar-refractivity contribution in [1.29, 1.82) is 0 Å². The molecule has 0 spiro atoms. The number of anilines is 1. The van der Waals surface area contributed by atoms with E-state index in [4.69, 9.17) is 10.5 Å². The Bertz CT molecular complexity index is 554. The van der Waals surface area contributed by atoms with Gasteiger partial charge in [-0.25, -0.2) is 0 Å². The lowest BCUT2D eigenvalue weighted by Crippen LogP contribution is -2.44. The lowest BCUT2D eigenvalue weighted by molar-refractivity contribution is -0.119. The van der Waals surface area contributed by atoms with Gasteiger partial charge in [0.25, 0.3) is 0 Å². The average molecular weight is 363 g/mol. The van der Waals surface area contributed by atoms with Crippen LogP contribution >= 0.6 is 11.8 Å². The van der Waals surface area contributed by atoms with Crippen LogP contribution in [-0.4, -0.2) is 30.4 Å². The molecule has 0 bridgehead atoms. The van der Waals surface area contributed by atoms with E-state index in [1.54, 1.807) is 0 Å². The average Bonchev–Trinajstić information content (AvgIpc) is 2.67. The third-order valence-corrected chi connectivity index (χ3v) is 6.75. The molecule has 1 aromatic rings. The van der Waals surface area contributed by atoms with Crippen LogP contribution in [0.1, 0.15) is 50.5 Å². The third kappa shape index (κ3) is 5.73. The second-order valence-corrected chi connectivity index (χ2v) is 8.52. The van der Waals surface area contributed by atoms with E-state index in [1.807, 2.05) is 12.1 Å². The number of ether oxygens (including phenoxy) is 1. The van der Waals surface area contributed by atoms with Crippen molar-refractivity contribution >= 4 is 23.4 Å². The molecule has 1 aliphatic heterocycles. The van der Waals surface area contributed by atoms with Crippen molar-refractivity contribution in [1.82, 2.24) is 0 Å². The van der Waals surface area contributed by atoms with E-state index < -0.39 is 6.04 Å². The molecule has 1 saturated carbocycles. The summed E-state index contributed by atoms with van der Waals surface area (Å²) >= 11 is 2.06. The number of thioether (sulfide) groups is 1. The molecule has 0 aromatic heterocycles. The molecule has 25 heavy (non-hydrogen) atoms. The summed E-state index contributed by atoms with van der Waals surface area (Å²) in [6.45, 7) is 1.42.